The summed E-state index contributed by atoms with van der Waals surface area (Å²) >= 11 is 0. The molecule has 2 saturated heterocycles. The third-order valence-corrected chi connectivity index (χ3v) is 6.07. The normalized spacial score (nSPS) is 22.3. The number of carbonyl (C=O) groups is 2. The Morgan fingerprint density at radius 3 is 2.27 bits per heavy atom. The van der Waals surface area contributed by atoms with Gasteiger partial charge in [-0.3, -0.25) is 9.59 Å². The van der Waals surface area contributed by atoms with E-state index >= 15 is 0 Å². The lowest BCUT2D eigenvalue weighted by molar-refractivity contribution is -0.144. The monoisotopic (exact) mass is 427 g/mol. The van der Waals surface area contributed by atoms with Crippen molar-refractivity contribution < 1.29 is 9.59 Å². The highest BCUT2D eigenvalue weighted by Gasteiger charge is 2.41. The van der Waals surface area contributed by atoms with E-state index in [0.29, 0.717) is 19.4 Å². The SMILES string of the molecule is Cl.O=C(NC1CCNCC1)C1CCC(=O)N(Cc2ccccc2)C1c1ccccc1. The van der Waals surface area contributed by atoms with Crippen molar-refractivity contribution in [3.05, 3.63) is 71.8 Å². The van der Waals surface area contributed by atoms with Crippen molar-refractivity contribution in [3.8, 4) is 0 Å². The fourth-order valence-electron chi connectivity index (χ4n) is 4.53. The average molecular weight is 428 g/mol. The van der Waals surface area contributed by atoms with Crippen LogP contribution < -0.4 is 10.6 Å². The van der Waals surface area contributed by atoms with Crippen molar-refractivity contribution in [1.29, 1.82) is 0 Å². The number of hydrogen-bond donors (Lipinski definition) is 2. The summed E-state index contributed by atoms with van der Waals surface area (Å²) in [7, 11) is 0. The molecule has 2 N–H and O–H groups in total. The van der Waals surface area contributed by atoms with Gasteiger partial charge in [0.15, 0.2) is 0 Å². The van der Waals surface area contributed by atoms with Crippen LogP contribution >= 0.6 is 12.4 Å². The van der Waals surface area contributed by atoms with E-state index < -0.39 is 0 Å². The summed E-state index contributed by atoms with van der Waals surface area (Å²) < 4.78 is 0. The maximum Gasteiger partial charge on any atom is 0.225 e. The zero-order valence-electron chi connectivity index (χ0n) is 17.1. The van der Waals surface area contributed by atoms with E-state index in [4.69, 9.17) is 0 Å². The minimum Gasteiger partial charge on any atom is -0.353 e. The van der Waals surface area contributed by atoms with Crippen LogP contribution in [-0.2, 0) is 16.1 Å². The molecule has 5 nitrogen and oxygen atoms in total. The van der Waals surface area contributed by atoms with Crippen molar-refractivity contribution in [3.63, 3.8) is 0 Å². The van der Waals surface area contributed by atoms with Crippen LogP contribution in [0.4, 0.5) is 0 Å². The molecule has 2 amide bonds. The number of rotatable bonds is 5. The van der Waals surface area contributed by atoms with Gasteiger partial charge in [-0.25, -0.2) is 0 Å². The molecule has 2 unspecified atom stereocenters. The Morgan fingerprint density at radius 1 is 0.967 bits per heavy atom. The van der Waals surface area contributed by atoms with E-state index in [0.717, 1.165) is 37.1 Å². The summed E-state index contributed by atoms with van der Waals surface area (Å²) in [6.45, 7) is 2.41. The molecule has 160 valence electrons. The lowest BCUT2D eigenvalue weighted by atomic mass is 9.83. The van der Waals surface area contributed by atoms with Gasteiger partial charge in [-0.1, -0.05) is 60.7 Å². The highest BCUT2D eigenvalue weighted by molar-refractivity contribution is 5.85. The van der Waals surface area contributed by atoms with Crippen LogP contribution in [0.5, 0.6) is 0 Å². The zero-order chi connectivity index (χ0) is 20.1. The van der Waals surface area contributed by atoms with Gasteiger partial charge in [-0.05, 0) is 43.5 Å². The number of carbonyl (C=O) groups excluding carboxylic acids is 2. The lowest BCUT2D eigenvalue weighted by Gasteiger charge is -2.41. The van der Waals surface area contributed by atoms with Crippen LogP contribution in [0.1, 0.15) is 42.9 Å². The number of likely N-dealkylation sites (tertiary alicyclic amines) is 1. The van der Waals surface area contributed by atoms with Crippen molar-refractivity contribution >= 4 is 24.2 Å². The van der Waals surface area contributed by atoms with E-state index in [2.05, 4.69) is 10.6 Å². The molecule has 0 bridgehead atoms. The second-order valence-electron chi connectivity index (χ2n) is 8.04. The van der Waals surface area contributed by atoms with Crippen molar-refractivity contribution in [1.82, 2.24) is 15.5 Å². The predicted octanol–water partition coefficient (Wildman–Crippen LogP) is 3.46. The Balaban J connectivity index is 0.00000256. The second kappa shape index (κ2) is 10.6. The van der Waals surface area contributed by atoms with Gasteiger partial charge in [0.1, 0.15) is 0 Å². The maximum atomic E-state index is 13.3. The first-order valence-electron chi connectivity index (χ1n) is 10.6. The minimum absolute atomic E-state index is 0. The Kier molecular flexibility index (Phi) is 7.88. The van der Waals surface area contributed by atoms with E-state index in [1.54, 1.807) is 0 Å². The van der Waals surface area contributed by atoms with E-state index in [-0.39, 0.29) is 42.2 Å². The molecule has 0 aliphatic carbocycles. The van der Waals surface area contributed by atoms with E-state index in [9.17, 15) is 9.59 Å². The molecule has 2 aromatic carbocycles. The maximum absolute atomic E-state index is 13.3. The van der Waals surface area contributed by atoms with Gasteiger partial charge in [0, 0.05) is 19.0 Å². The summed E-state index contributed by atoms with van der Waals surface area (Å²) in [5.74, 6) is -0.0290. The molecular weight excluding hydrogens is 398 g/mol. The smallest absolute Gasteiger partial charge is 0.225 e. The number of piperidine rings is 2. The molecule has 30 heavy (non-hydrogen) atoms. The largest absolute Gasteiger partial charge is 0.353 e. The standard InChI is InChI=1S/C24H29N3O2.ClH/c28-22-12-11-21(24(29)26-20-13-15-25-16-14-20)23(19-9-5-2-6-10-19)27(22)17-18-7-3-1-4-8-18;/h1-10,20-21,23,25H,11-17H2,(H,26,29);1H. The van der Waals surface area contributed by atoms with Crippen LogP contribution in [0.2, 0.25) is 0 Å². The summed E-state index contributed by atoms with van der Waals surface area (Å²) in [5.41, 5.74) is 2.11. The molecular formula is C24H30ClN3O2. The third kappa shape index (κ3) is 5.21. The number of benzene rings is 2. The Morgan fingerprint density at radius 2 is 1.60 bits per heavy atom. The van der Waals surface area contributed by atoms with Crippen molar-refractivity contribution in [2.45, 2.75) is 44.3 Å². The quantitative estimate of drug-likeness (QED) is 0.768. The molecule has 6 heteroatoms. The van der Waals surface area contributed by atoms with Gasteiger partial charge >= 0.3 is 0 Å². The number of hydrogen-bond acceptors (Lipinski definition) is 3. The Hall–Kier alpha value is -2.37. The average Bonchev–Trinajstić information content (AvgIpc) is 2.77. The molecule has 2 aromatic rings. The number of amides is 2. The van der Waals surface area contributed by atoms with Crippen LogP contribution in [0.15, 0.2) is 60.7 Å². The third-order valence-electron chi connectivity index (χ3n) is 6.07. The number of nitrogens with zero attached hydrogens (tertiary/aromatic N) is 1. The zero-order valence-corrected chi connectivity index (χ0v) is 17.9. The van der Waals surface area contributed by atoms with E-state index in [1.807, 2.05) is 65.6 Å². The molecule has 2 aliphatic heterocycles. The van der Waals surface area contributed by atoms with Gasteiger partial charge in [0.25, 0.3) is 0 Å². The molecule has 0 spiro atoms. The molecule has 4 rings (SSSR count). The fourth-order valence-corrected chi connectivity index (χ4v) is 4.53. The molecule has 0 saturated carbocycles. The number of nitrogens with one attached hydrogen (secondary N) is 2. The fraction of sp³-hybridized carbons (Fsp3) is 0.417. The number of halogens is 1. The molecule has 0 radical (unpaired) electrons. The Labute approximate surface area is 184 Å². The molecule has 2 fully saturated rings. The summed E-state index contributed by atoms with van der Waals surface area (Å²) in [6, 6.07) is 20.0. The lowest BCUT2D eigenvalue weighted by Crippen LogP contribution is -2.51. The van der Waals surface area contributed by atoms with Gasteiger partial charge in [0.2, 0.25) is 11.8 Å². The van der Waals surface area contributed by atoms with Gasteiger partial charge < -0.3 is 15.5 Å². The topological polar surface area (TPSA) is 61.4 Å². The van der Waals surface area contributed by atoms with Crippen LogP contribution in [0.3, 0.4) is 0 Å². The first kappa shape index (κ1) is 22.3. The van der Waals surface area contributed by atoms with Crippen molar-refractivity contribution in [2.75, 3.05) is 13.1 Å². The van der Waals surface area contributed by atoms with Crippen LogP contribution in [-0.4, -0.2) is 35.8 Å². The summed E-state index contributed by atoms with van der Waals surface area (Å²) in [6.07, 6.45) is 2.93. The first-order valence-corrected chi connectivity index (χ1v) is 10.6. The van der Waals surface area contributed by atoms with Gasteiger partial charge in [0.05, 0.1) is 12.0 Å². The van der Waals surface area contributed by atoms with Crippen LogP contribution in [0, 0.1) is 5.92 Å². The molecule has 2 atom stereocenters. The highest BCUT2D eigenvalue weighted by Crippen LogP contribution is 2.38. The summed E-state index contributed by atoms with van der Waals surface area (Å²) in [5, 5.41) is 6.61. The second-order valence-corrected chi connectivity index (χ2v) is 8.04. The van der Waals surface area contributed by atoms with Crippen LogP contribution in [0.25, 0.3) is 0 Å². The molecule has 2 heterocycles. The summed E-state index contributed by atoms with van der Waals surface area (Å²) in [4.78, 5) is 28.1. The Bertz CT molecular complexity index is 825. The van der Waals surface area contributed by atoms with Gasteiger partial charge in [-0.2, -0.15) is 0 Å². The van der Waals surface area contributed by atoms with Gasteiger partial charge in [-0.15, -0.1) is 12.4 Å². The molecule has 2 aliphatic rings. The minimum atomic E-state index is -0.237. The molecule has 0 aromatic heterocycles. The first-order chi connectivity index (χ1) is 14.2. The van der Waals surface area contributed by atoms with Crippen molar-refractivity contribution in [2.24, 2.45) is 5.92 Å². The van der Waals surface area contributed by atoms with E-state index in [1.165, 1.54) is 0 Å². The predicted molar refractivity (Wildman–Crippen MR) is 120 cm³/mol. The highest BCUT2D eigenvalue weighted by atomic mass is 35.5.